The summed E-state index contributed by atoms with van der Waals surface area (Å²) in [5.41, 5.74) is 0.832. The molecule has 0 radical (unpaired) electrons. The Morgan fingerprint density at radius 2 is 1.88 bits per heavy atom. The van der Waals surface area contributed by atoms with Gasteiger partial charge in [0.05, 0.1) is 16.1 Å². The number of alkyl halides is 3. The van der Waals surface area contributed by atoms with Crippen LogP contribution in [0.15, 0.2) is 18.2 Å². The smallest absolute Gasteiger partial charge is 0.233 e. The lowest BCUT2D eigenvalue weighted by Gasteiger charge is -2.34. The minimum absolute atomic E-state index is 0.0136. The summed E-state index contributed by atoms with van der Waals surface area (Å²) in [5, 5.41) is 5.64. The van der Waals surface area contributed by atoms with Crippen LogP contribution in [0.3, 0.4) is 0 Å². The maximum atomic E-state index is 11.5. The summed E-state index contributed by atoms with van der Waals surface area (Å²) in [5.74, 6) is 0. The van der Waals surface area contributed by atoms with Crippen molar-refractivity contribution < 1.29 is 9.63 Å². The van der Waals surface area contributed by atoms with E-state index in [4.69, 9.17) is 62.8 Å². The van der Waals surface area contributed by atoms with E-state index in [1.807, 2.05) is 6.07 Å². The molecule has 0 saturated heterocycles. The Hall–Kier alpha value is -0.100. The summed E-state index contributed by atoms with van der Waals surface area (Å²) < 4.78 is -1.58. The van der Waals surface area contributed by atoms with E-state index in [0.717, 1.165) is 37.8 Å². The lowest BCUT2D eigenvalue weighted by Crippen LogP contribution is -2.46. The quantitative estimate of drug-likeness (QED) is 0.256. The monoisotopic (exact) mass is 446 g/mol. The van der Waals surface area contributed by atoms with Gasteiger partial charge < -0.3 is 5.32 Å². The van der Waals surface area contributed by atoms with E-state index in [0.29, 0.717) is 16.5 Å². The molecule has 0 aromatic heterocycles. The molecule has 0 bridgehead atoms. The topological polar surface area (TPSA) is 41.6 Å². The standard InChI is InChI=1S/C16H19Cl5N2O2/c17-12-7-6-11(8-13(12)18)22-14-4-2-1-3-5-15(14)23(10-24)25-9-16(19,20)21/h6-8,10,14-15,22H,1-5,9H2. The van der Waals surface area contributed by atoms with Crippen molar-refractivity contribution in [2.75, 3.05) is 11.9 Å². The predicted molar refractivity (Wildman–Crippen MR) is 105 cm³/mol. The number of amides is 1. The molecule has 2 rings (SSSR count). The highest BCUT2D eigenvalue weighted by Crippen LogP contribution is 2.30. The third-order valence-corrected chi connectivity index (χ3v) is 5.13. The van der Waals surface area contributed by atoms with Crippen LogP contribution in [0.2, 0.25) is 10.0 Å². The van der Waals surface area contributed by atoms with Crippen molar-refractivity contribution in [2.24, 2.45) is 0 Å². The van der Waals surface area contributed by atoms with Crippen LogP contribution in [-0.2, 0) is 9.63 Å². The summed E-state index contributed by atoms with van der Waals surface area (Å²) in [7, 11) is 0. The number of carbonyl (C=O) groups excluding carboxylic acids is 1. The fourth-order valence-corrected chi connectivity index (χ4v) is 3.36. The molecule has 9 heteroatoms. The Bertz CT molecular complexity index is 582. The molecule has 1 aliphatic carbocycles. The maximum Gasteiger partial charge on any atom is 0.233 e. The van der Waals surface area contributed by atoms with Gasteiger partial charge in [0.25, 0.3) is 0 Å². The number of carbonyl (C=O) groups is 1. The molecule has 1 fully saturated rings. The molecule has 2 unspecified atom stereocenters. The van der Waals surface area contributed by atoms with Crippen LogP contribution in [0.4, 0.5) is 5.69 Å². The van der Waals surface area contributed by atoms with Crippen molar-refractivity contribution in [2.45, 2.75) is 48.0 Å². The Morgan fingerprint density at radius 1 is 1.16 bits per heavy atom. The molecule has 1 aromatic rings. The first-order valence-corrected chi connectivity index (χ1v) is 9.84. The number of benzene rings is 1. The lowest BCUT2D eigenvalue weighted by atomic mass is 10.0. The first-order chi connectivity index (χ1) is 11.8. The van der Waals surface area contributed by atoms with E-state index in [1.54, 1.807) is 12.1 Å². The van der Waals surface area contributed by atoms with Gasteiger partial charge in [-0.1, -0.05) is 77.3 Å². The van der Waals surface area contributed by atoms with Crippen LogP contribution in [0.25, 0.3) is 0 Å². The number of halogens is 5. The van der Waals surface area contributed by atoms with Gasteiger partial charge in [-0.3, -0.25) is 9.63 Å². The van der Waals surface area contributed by atoms with Crippen LogP contribution >= 0.6 is 58.0 Å². The molecule has 1 saturated carbocycles. The summed E-state index contributed by atoms with van der Waals surface area (Å²) in [6, 6.07) is 5.15. The van der Waals surface area contributed by atoms with Gasteiger partial charge in [-0.2, -0.15) is 0 Å². The average molecular weight is 449 g/mol. The molecule has 1 aromatic carbocycles. The van der Waals surface area contributed by atoms with Gasteiger partial charge in [0.1, 0.15) is 6.61 Å². The fourth-order valence-electron chi connectivity index (χ4n) is 2.91. The zero-order chi connectivity index (χ0) is 18.4. The van der Waals surface area contributed by atoms with Crippen molar-refractivity contribution in [3.8, 4) is 0 Å². The SMILES string of the molecule is O=CN(OCC(Cl)(Cl)Cl)C1CCCCCC1Nc1ccc(Cl)c(Cl)c1. The Balaban J connectivity index is 2.13. The Kier molecular flexibility index (Phi) is 8.25. The second-order valence-electron chi connectivity index (χ2n) is 5.94. The van der Waals surface area contributed by atoms with Gasteiger partial charge >= 0.3 is 0 Å². The molecule has 0 spiro atoms. The van der Waals surface area contributed by atoms with E-state index in [1.165, 1.54) is 5.06 Å². The van der Waals surface area contributed by atoms with Gasteiger partial charge in [0.15, 0.2) is 0 Å². The van der Waals surface area contributed by atoms with Gasteiger partial charge in [0, 0.05) is 11.7 Å². The zero-order valence-corrected chi connectivity index (χ0v) is 17.1. The molecule has 25 heavy (non-hydrogen) atoms. The number of hydrogen-bond acceptors (Lipinski definition) is 3. The number of anilines is 1. The molecule has 140 valence electrons. The lowest BCUT2D eigenvalue weighted by molar-refractivity contribution is -0.188. The van der Waals surface area contributed by atoms with E-state index >= 15 is 0 Å². The Morgan fingerprint density at radius 3 is 2.52 bits per heavy atom. The van der Waals surface area contributed by atoms with Crippen molar-refractivity contribution >= 4 is 70.1 Å². The van der Waals surface area contributed by atoms with Crippen molar-refractivity contribution in [1.29, 1.82) is 0 Å². The number of nitrogens with zero attached hydrogens (tertiary/aromatic N) is 1. The normalized spacial score (nSPS) is 21.5. The van der Waals surface area contributed by atoms with Crippen LogP contribution in [-0.4, -0.2) is 34.0 Å². The molecule has 0 heterocycles. The predicted octanol–water partition coefficient (Wildman–Crippen LogP) is 5.87. The third kappa shape index (κ3) is 6.85. The molecule has 0 aliphatic heterocycles. The van der Waals surface area contributed by atoms with Crippen molar-refractivity contribution in [3.63, 3.8) is 0 Å². The Labute approximate surface area is 172 Å². The highest BCUT2D eigenvalue weighted by atomic mass is 35.6. The fraction of sp³-hybridized carbons (Fsp3) is 0.562. The summed E-state index contributed by atoms with van der Waals surface area (Å²) >= 11 is 29.2. The molecule has 2 atom stereocenters. The first kappa shape index (κ1) is 21.2. The van der Waals surface area contributed by atoms with Gasteiger partial charge in [-0.05, 0) is 31.0 Å². The highest BCUT2D eigenvalue weighted by Gasteiger charge is 2.31. The minimum atomic E-state index is -1.58. The highest BCUT2D eigenvalue weighted by molar-refractivity contribution is 6.67. The van der Waals surface area contributed by atoms with Gasteiger partial charge in [-0.25, -0.2) is 5.06 Å². The summed E-state index contributed by atoms with van der Waals surface area (Å²) in [4.78, 5) is 17.0. The van der Waals surface area contributed by atoms with E-state index in [-0.39, 0.29) is 18.7 Å². The second kappa shape index (κ2) is 9.72. The third-order valence-electron chi connectivity index (χ3n) is 4.06. The number of rotatable bonds is 6. The molecule has 1 N–H and O–H groups in total. The number of hydrogen-bond donors (Lipinski definition) is 1. The summed E-state index contributed by atoms with van der Waals surface area (Å²) in [6.07, 6.45) is 5.44. The van der Waals surface area contributed by atoms with Gasteiger partial charge in [-0.15, -0.1) is 0 Å². The van der Waals surface area contributed by atoms with Crippen LogP contribution in [0.1, 0.15) is 32.1 Å². The van der Waals surface area contributed by atoms with Crippen molar-refractivity contribution in [3.05, 3.63) is 28.2 Å². The molecular formula is C16H19Cl5N2O2. The van der Waals surface area contributed by atoms with E-state index < -0.39 is 3.79 Å². The summed E-state index contributed by atoms with van der Waals surface area (Å²) in [6.45, 7) is -0.202. The first-order valence-electron chi connectivity index (χ1n) is 7.95. The molecular weight excluding hydrogens is 429 g/mol. The maximum absolute atomic E-state index is 11.5. The van der Waals surface area contributed by atoms with E-state index in [9.17, 15) is 4.79 Å². The minimum Gasteiger partial charge on any atom is -0.380 e. The van der Waals surface area contributed by atoms with Crippen molar-refractivity contribution in [1.82, 2.24) is 5.06 Å². The number of hydroxylamine groups is 2. The number of nitrogens with one attached hydrogen (secondary N) is 1. The van der Waals surface area contributed by atoms with Crippen LogP contribution < -0.4 is 5.32 Å². The second-order valence-corrected chi connectivity index (χ2v) is 9.27. The van der Waals surface area contributed by atoms with Crippen LogP contribution in [0, 0.1) is 0 Å². The largest absolute Gasteiger partial charge is 0.380 e. The molecule has 1 amide bonds. The van der Waals surface area contributed by atoms with Gasteiger partial charge in [0.2, 0.25) is 10.2 Å². The zero-order valence-electron chi connectivity index (χ0n) is 13.4. The van der Waals surface area contributed by atoms with E-state index in [2.05, 4.69) is 5.32 Å². The average Bonchev–Trinajstić information content (AvgIpc) is 2.76. The molecule has 4 nitrogen and oxygen atoms in total. The van der Waals surface area contributed by atoms with Crippen LogP contribution in [0.5, 0.6) is 0 Å². The molecule has 1 aliphatic rings.